The van der Waals surface area contributed by atoms with Crippen LogP contribution in [-0.2, 0) is 26.2 Å². The molecule has 0 bridgehead atoms. The Morgan fingerprint density at radius 2 is 1.62 bits per heavy atom. The first-order valence-corrected chi connectivity index (χ1v) is 14.6. The lowest BCUT2D eigenvalue weighted by Crippen LogP contribution is -2.52. The van der Waals surface area contributed by atoms with Gasteiger partial charge in [0.15, 0.2) is 0 Å². The summed E-state index contributed by atoms with van der Waals surface area (Å²) >= 11 is 12.7. The Kier molecular flexibility index (Phi) is 10.6. The molecule has 0 aliphatic rings. The molecular weight excluding hydrogens is 561 g/mol. The van der Waals surface area contributed by atoms with Gasteiger partial charge in [-0.15, -0.1) is 0 Å². The number of nitrogens with one attached hydrogen (secondary N) is 1. The van der Waals surface area contributed by atoms with Gasteiger partial charge in [0.1, 0.15) is 18.3 Å². The Bertz CT molecular complexity index is 1400. The van der Waals surface area contributed by atoms with Crippen molar-refractivity contribution in [3.63, 3.8) is 0 Å². The van der Waals surface area contributed by atoms with Gasteiger partial charge in [0.25, 0.3) is 10.0 Å². The van der Waals surface area contributed by atoms with E-state index in [2.05, 4.69) is 5.32 Å². The van der Waals surface area contributed by atoms with Crippen molar-refractivity contribution in [3.05, 3.63) is 88.4 Å². The molecule has 0 saturated carbocycles. The summed E-state index contributed by atoms with van der Waals surface area (Å²) in [6.45, 7) is 3.38. The molecule has 0 aromatic heterocycles. The molecule has 2 amide bonds. The minimum Gasteiger partial charge on any atom is -0.495 e. The second kappa shape index (κ2) is 13.7. The molecule has 1 atom stereocenters. The Morgan fingerprint density at radius 1 is 0.949 bits per heavy atom. The van der Waals surface area contributed by atoms with E-state index in [1.165, 1.54) is 42.3 Å². The fourth-order valence-electron chi connectivity index (χ4n) is 4.08. The van der Waals surface area contributed by atoms with E-state index in [0.717, 1.165) is 4.31 Å². The van der Waals surface area contributed by atoms with Crippen molar-refractivity contribution in [2.24, 2.45) is 0 Å². The Balaban J connectivity index is 2.09. The number of nitrogens with zero attached hydrogens (tertiary/aromatic N) is 2. The summed E-state index contributed by atoms with van der Waals surface area (Å²) in [6.07, 6.45) is 0.307. The molecule has 8 nitrogen and oxygen atoms in total. The highest BCUT2D eigenvalue weighted by Gasteiger charge is 2.34. The first-order chi connectivity index (χ1) is 18.6. The third kappa shape index (κ3) is 7.23. The first-order valence-electron chi connectivity index (χ1n) is 12.4. The maximum Gasteiger partial charge on any atom is 0.264 e. The maximum atomic E-state index is 14.0. The van der Waals surface area contributed by atoms with E-state index < -0.39 is 28.5 Å². The molecule has 3 aromatic rings. The number of sulfonamides is 1. The van der Waals surface area contributed by atoms with Crippen LogP contribution in [0.1, 0.15) is 25.8 Å². The van der Waals surface area contributed by atoms with Crippen LogP contribution in [0.2, 0.25) is 10.0 Å². The van der Waals surface area contributed by atoms with E-state index in [1.54, 1.807) is 56.3 Å². The normalized spacial score (nSPS) is 11.9. The summed E-state index contributed by atoms with van der Waals surface area (Å²) in [5.74, 6) is -0.573. The monoisotopic (exact) mass is 591 g/mol. The largest absolute Gasteiger partial charge is 0.495 e. The first kappa shape index (κ1) is 30.3. The van der Waals surface area contributed by atoms with Gasteiger partial charge in [0.2, 0.25) is 11.8 Å². The predicted molar refractivity (Wildman–Crippen MR) is 154 cm³/mol. The van der Waals surface area contributed by atoms with Crippen LogP contribution in [0.15, 0.2) is 77.7 Å². The van der Waals surface area contributed by atoms with Crippen LogP contribution in [-0.4, -0.2) is 51.4 Å². The van der Waals surface area contributed by atoms with Gasteiger partial charge in [-0.2, -0.15) is 0 Å². The average molecular weight is 593 g/mol. The van der Waals surface area contributed by atoms with E-state index in [4.69, 9.17) is 27.9 Å². The second-order valence-corrected chi connectivity index (χ2v) is 11.3. The molecule has 0 fully saturated rings. The van der Waals surface area contributed by atoms with Gasteiger partial charge in [-0.25, -0.2) is 8.42 Å². The number of methoxy groups -OCH3 is 1. The quantitative estimate of drug-likeness (QED) is 0.314. The summed E-state index contributed by atoms with van der Waals surface area (Å²) in [5, 5.41) is 3.37. The van der Waals surface area contributed by atoms with Crippen LogP contribution in [0.3, 0.4) is 0 Å². The summed E-state index contributed by atoms with van der Waals surface area (Å²) in [4.78, 5) is 28.3. The van der Waals surface area contributed by atoms with Crippen molar-refractivity contribution < 1.29 is 22.7 Å². The number of hydrogen-bond acceptors (Lipinski definition) is 5. The molecule has 11 heteroatoms. The van der Waals surface area contributed by atoms with E-state index in [-0.39, 0.29) is 28.1 Å². The topological polar surface area (TPSA) is 96.0 Å². The number of benzene rings is 3. The highest BCUT2D eigenvalue weighted by Crippen LogP contribution is 2.32. The third-order valence-corrected chi connectivity index (χ3v) is 8.52. The van der Waals surface area contributed by atoms with Crippen molar-refractivity contribution >= 4 is 50.7 Å². The van der Waals surface area contributed by atoms with Crippen molar-refractivity contribution in [1.82, 2.24) is 10.2 Å². The summed E-state index contributed by atoms with van der Waals surface area (Å²) in [5.41, 5.74) is 0.793. The fraction of sp³-hybridized carbons (Fsp3) is 0.286. The molecule has 0 radical (unpaired) electrons. The minimum atomic E-state index is -4.20. The van der Waals surface area contributed by atoms with Crippen LogP contribution < -0.4 is 14.4 Å². The molecule has 0 heterocycles. The number of hydrogen-bond donors (Lipinski definition) is 1. The molecule has 0 aliphatic carbocycles. The fourth-order valence-corrected chi connectivity index (χ4v) is 5.96. The number of rotatable bonds is 12. The zero-order valence-electron chi connectivity index (χ0n) is 21.9. The SMILES string of the molecule is CCNC(=O)C(CC)N(Cc1ccccc1Cl)C(=O)CN(c1ccc(OC)c(Cl)c1)S(=O)(=O)c1ccccc1. The zero-order chi connectivity index (χ0) is 28.6. The molecule has 0 spiro atoms. The highest BCUT2D eigenvalue weighted by atomic mass is 35.5. The summed E-state index contributed by atoms with van der Waals surface area (Å²) < 4.78 is 33.8. The van der Waals surface area contributed by atoms with Gasteiger partial charge in [-0.1, -0.05) is 66.5 Å². The highest BCUT2D eigenvalue weighted by molar-refractivity contribution is 7.92. The van der Waals surface area contributed by atoms with E-state index in [0.29, 0.717) is 29.3 Å². The van der Waals surface area contributed by atoms with Gasteiger partial charge in [0.05, 0.1) is 22.7 Å². The van der Waals surface area contributed by atoms with Gasteiger partial charge in [-0.3, -0.25) is 13.9 Å². The van der Waals surface area contributed by atoms with Crippen LogP contribution >= 0.6 is 23.2 Å². The molecule has 39 heavy (non-hydrogen) atoms. The lowest BCUT2D eigenvalue weighted by Gasteiger charge is -2.33. The average Bonchev–Trinajstić information content (AvgIpc) is 2.93. The molecule has 0 aliphatic heterocycles. The van der Waals surface area contributed by atoms with Crippen LogP contribution in [0.4, 0.5) is 5.69 Å². The molecule has 208 valence electrons. The number of anilines is 1. The summed E-state index contributed by atoms with van der Waals surface area (Å²) in [7, 11) is -2.76. The number of halogens is 2. The number of likely N-dealkylation sites (N-methyl/N-ethyl adjacent to an activating group) is 1. The number of ether oxygens (including phenoxy) is 1. The maximum absolute atomic E-state index is 14.0. The second-order valence-electron chi connectivity index (χ2n) is 8.58. The van der Waals surface area contributed by atoms with Gasteiger partial charge in [-0.05, 0) is 55.3 Å². The standard InChI is InChI=1S/C28H31Cl2N3O5S/c1-4-25(28(35)31-5-2)32(18-20-11-9-10-14-23(20)29)27(34)19-33(21-15-16-26(38-3)24(30)17-21)39(36,37)22-12-7-6-8-13-22/h6-17,25H,4-5,18-19H2,1-3H3,(H,31,35). The van der Waals surface area contributed by atoms with Crippen molar-refractivity contribution in [2.45, 2.75) is 37.8 Å². The van der Waals surface area contributed by atoms with Crippen LogP contribution in [0.25, 0.3) is 0 Å². The Hall–Kier alpha value is -3.27. The van der Waals surface area contributed by atoms with Crippen molar-refractivity contribution in [3.8, 4) is 5.75 Å². The Morgan fingerprint density at radius 3 is 2.21 bits per heavy atom. The van der Waals surface area contributed by atoms with E-state index in [9.17, 15) is 18.0 Å². The van der Waals surface area contributed by atoms with Crippen LogP contribution in [0.5, 0.6) is 5.75 Å². The van der Waals surface area contributed by atoms with E-state index in [1.807, 2.05) is 0 Å². The molecule has 0 saturated heterocycles. The molecule has 3 rings (SSSR count). The van der Waals surface area contributed by atoms with Gasteiger partial charge >= 0.3 is 0 Å². The van der Waals surface area contributed by atoms with Crippen molar-refractivity contribution in [2.75, 3.05) is 24.5 Å². The van der Waals surface area contributed by atoms with Gasteiger partial charge in [0, 0.05) is 18.1 Å². The molecule has 1 N–H and O–H groups in total. The number of carbonyl (C=O) groups excluding carboxylic acids is 2. The summed E-state index contributed by atoms with van der Waals surface area (Å²) in [6, 6.07) is 18.4. The predicted octanol–water partition coefficient (Wildman–Crippen LogP) is 5.14. The smallest absolute Gasteiger partial charge is 0.264 e. The van der Waals surface area contributed by atoms with Crippen molar-refractivity contribution in [1.29, 1.82) is 0 Å². The molecule has 3 aromatic carbocycles. The lowest BCUT2D eigenvalue weighted by atomic mass is 10.1. The van der Waals surface area contributed by atoms with Gasteiger partial charge < -0.3 is 15.0 Å². The number of carbonyl (C=O) groups is 2. The lowest BCUT2D eigenvalue weighted by molar-refractivity contribution is -0.140. The Labute approximate surface area is 239 Å². The van der Waals surface area contributed by atoms with E-state index >= 15 is 0 Å². The number of amides is 2. The zero-order valence-corrected chi connectivity index (χ0v) is 24.3. The van der Waals surface area contributed by atoms with Crippen LogP contribution in [0, 0.1) is 0 Å². The third-order valence-electron chi connectivity index (χ3n) is 6.07. The minimum absolute atomic E-state index is 0.00170. The molecule has 1 unspecified atom stereocenters. The molecular formula is C28H31Cl2N3O5S.